The van der Waals surface area contributed by atoms with Crippen LogP contribution < -0.4 is 20.3 Å². The highest BCUT2D eigenvalue weighted by molar-refractivity contribution is 6.30. The van der Waals surface area contributed by atoms with E-state index in [0.29, 0.717) is 11.9 Å². The summed E-state index contributed by atoms with van der Waals surface area (Å²) >= 11 is 5.99. The Kier molecular flexibility index (Phi) is 6.53. The van der Waals surface area contributed by atoms with Gasteiger partial charge < -0.3 is 25.2 Å². The minimum Gasteiger partial charge on any atom is -0.495 e. The number of nitrogens with zero attached hydrogens (tertiary/aromatic N) is 4. The number of aliphatic imine (C=N–C) groups is 1. The average Bonchev–Trinajstić information content (AvgIpc) is 3.27. The van der Waals surface area contributed by atoms with Crippen molar-refractivity contribution < 1.29 is 4.74 Å². The first-order valence-corrected chi connectivity index (χ1v) is 10.9. The highest BCUT2D eigenvalue weighted by Gasteiger charge is 2.25. The molecule has 0 amide bonds. The number of nitrogens with two attached hydrogens (primary N) is 1. The standard InChI is InChI=1S/C23H30ClN5O/c1-30-22-5-3-2-4-21(22)29-11-10-18(17-29)16-26-23(25)28-14-12-27(13-15-28)20-8-6-19(24)7-9-20/h2-9,18H,10-17H2,1H3,(H2,25,26). The van der Waals surface area contributed by atoms with Crippen molar-refractivity contribution in [3.63, 3.8) is 0 Å². The van der Waals surface area contributed by atoms with E-state index in [-0.39, 0.29) is 0 Å². The second-order valence-corrected chi connectivity index (χ2v) is 8.36. The molecule has 0 spiro atoms. The molecule has 2 saturated heterocycles. The third-order valence-corrected chi connectivity index (χ3v) is 6.27. The van der Waals surface area contributed by atoms with Gasteiger partial charge in [0.05, 0.1) is 12.8 Å². The fourth-order valence-electron chi connectivity index (χ4n) is 4.26. The fraction of sp³-hybridized carbons (Fsp3) is 0.435. The number of hydrogen-bond donors (Lipinski definition) is 1. The molecule has 30 heavy (non-hydrogen) atoms. The molecular formula is C23H30ClN5O. The fourth-order valence-corrected chi connectivity index (χ4v) is 4.39. The van der Waals surface area contributed by atoms with Crippen LogP contribution in [-0.4, -0.2) is 63.8 Å². The molecule has 2 heterocycles. The van der Waals surface area contributed by atoms with Crippen molar-refractivity contribution in [1.29, 1.82) is 0 Å². The highest BCUT2D eigenvalue weighted by Crippen LogP contribution is 2.32. The van der Waals surface area contributed by atoms with Gasteiger partial charge in [-0.1, -0.05) is 23.7 Å². The number of anilines is 2. The van der Waals surface area contributed by atoms with Crippen LogP contribution in [0.25, 0.3) is 0 Å². The summed E-state index contributed by atoms with van der Waals surface area (Å²) in [4.78, 5) is 11.7. The van der Waals surface area contributed by atoms with Crippen LogP contribution >= 0.6 is 11.6 Å². The largest absolute Gasteiger partial charge is 0.495 e. The Morgan fingerprint density at radius 3 is 2.50 bits per heavy atom. The third kappa shape index (κ3) is 4.75. The van der Waals surface area contributed by atoms with Gasteiger partial charge in [-0.15, -0.1) is 0 Å². The number of rotatable bonds is 5. The molecule has 2 aliphatic rings. The van der Waals surface area contributed by atoms with Crippen LogP contribution in [0, 0.1) is 5.92 Å². The molecule has 2 aromatic carbocycles. The first kappa shape index (κ1) is 20.7. The van der Waals surface area contributed by atoms with Crippen molar-refractivity contribution in [2.75, 3.05) is 62.7 Å². The van der Waals surface area contributed by atoms with E-state index in [1.807, 2.05) is 24.3 Å². The minimum atomic E-state index is 0.517. The molecule has 0 aliphatic carbocycles. The van der Waals surface area contributed by atoms with E-state index in [4.69, 9.17) is 27.1 Å². The molecule has 2 aliphatic heterocycles. The van der Waals surface area contributed by atoms with Crippen molar-refractivity contribution in [2.24, 2.45) is 16.6 Å². The van der Waals surface area contributed by atoms with E-state index < -0.39 is 0 Å². The van der Waals surface area contributed by atoms with Crippen LogP contribution in [0.2, 0.25) is 5.02 Å². The second-order valence-electron chi connectivity index (χ2n) is 7.92. The zero-order valence-corrected chi connectivity index (χ0v) is 18.3. The summed E-state index contributed by atoms with van der Waals surface area (Å²) in [6.45, 7) is 6.42. The maximum absolute atomic E-state index is 6.33. The maximum atomic E-state index is 6.33. The van der Waals surface area contributed by atoms with Crippen LogP contribution in [0.4, 0.5) is 11.4 Å². The molecule has 1 unspecified atom stereocenters. The van der Waals surface area contributed by atoms with E-state index in [1.165, 1.54) is 5.69 Å². The van der Waals surface area contributed by atoms with Gasteiger partial charge in [0.1, 0.15) is 5.75 Å². The highest BCUT2D eigenvalue weighted by atomic mass is 35.5. The van der Waals surface area contributed by atoms with Gasteiger partial charge in [0.25, 0.3) is 0 Å². The van der Waals surface area contributed by atoms with Gasteiger partial charge in [0, 0.05) is 56.5 Å². The summed E-state index contributed by atoms with van der Waals surface area (Å²) < 4.78 is 5.51. The second kappa shape index (κ2) is 9.47. The summed E-state index contributed by atoms with van der Waals surface area (Å²) in [5.41, 5.74) is 8.70. The Hall–Kier alpha value is -2.60. The molecule has 2 N–H and O–H groups in total. The normalized spacial score (nSPS) is 20.0. The summed E-state index contributed by atoms with van der Waals surface area (Å²) in [6, 6.07) is 16.2. The molecule has 7 heteroatoms. The molecule has 1 atom stereocenters. The van der Waals surface area contributed by atoms with Crippen LogP contribution in [-0.2, 0) is 0 Å². The van der Waals surface area contributed by atoms with Crippen molar-refractivity contribution in [1.82, 2.24) is 4.90 Å². The molecule has 0 aromatic heterocycles. The van der Waals surface area contributed by atoms with E-state index in [2.05, 4.69) is 39.0 Å². The lowest BCUT2D eigenvalue weighted by Crippen LogP contribution is -2.51. The van der Waals surface area contributed by atoms with E-state index in [0.717, 1.165) is 68.7 Å². The Morgan fingerprint density at radius 1 is 1.03 bits per heavy atom. The van der Waals surface area contributed by atoms with Crippen LogP contribution in [0.1, 0.15) is 6.42 Å². The lowest BCUT2D eigenvalue weighted by atomic mass is 10.1. The molecule has 4 rings (SSSR count). The van der Waals surface area contributed by atoms with Crippen LogP contribution in [0.3, 0.4) is 0 Å². The number of methoxy groups -OCH3 is 1. The number of hydrogen-bond acceptors (Lipinski definition) is 4. The minimum absolute atomic E-state index is 0.517. The van der Waals surface area contributed by atoms with Gasteiger partial charge in [-0.25, -0.2) is 0 Å². The molecule has 2 fully saturated rings. The molecule has 2 aromatic rings. The lowest BCUT2D eigenvalue weighted by Gasteiger charge is -2.36. The van der Waals surface area contributed by atoms with Crippen LogP contribution in [0.15, 0.2) is 53.5 Å². The summed E-state index contributed by atoms with van der Waals surface area (Å²) in [5, 5.41) is 0.768. The predicted molar refractivity (Wildman–Crippen MR) is 125 cm³/mol. The molecule has 6 nitrogen and oxygen atoms in total. The van der Waals surface area contributed by atoms with E-state index in [1.54, 1.807) is 7.11 Å². The quantitative estimate of drug-likeness (QED) is 0.586. The first-order valence-electron chi connectivity index (χ1n) is 10.6. The summed E-state index contributed by atoms with van der Waals surface area (Å²) in [6.07, 6.45) is 1.12. The van der Waals surface area contributed by atoms with Gasteiger partial charge in [0.15, 0.2) is 5.96 Å². The first-order chi connectivity index (χ1) is 14.6. The van der Waals surface area contributed by atoms with Crippen molar-refractivity contribution >= 4 is 28.9 Å². The summed E-state index contributed by atoms with van der Waals surface area (Å²) in [5.74, 6) is 2.12. The van der Waals surface area contributed by atoms with E-state index in [9.17, 15) is 0 Å². The number of ether oxygens (including phenoxy) is 1. The topological polar surface area (TPSA) is 57.3 Å². The Labute approximate surface area is 183 Å². The smallest absolute Gasteiger partial charge is 0.191 e. The molecule has 0 bridgehead atoms. The van der Waals surface area contributed by atoms with E-state index >= 15 is 0 Å². The zero-order chi connectivity index (χ0) is 20.9. The van der Waals surface area contributed by atoms with Gasteiger partial charge >= 0.3 is 0 Å². The third-order valence-electron chi connectivity index (χ3n) is 6.02. The van der Waals surface area contributed by atoms with Crippen molar-refractivity contribution in [3.05, 3.63) is 53.6 Å². The number of para-hydroxylation sites is 2. The van der Waals surface area contributed by atoms with Gasteiger partial charge in [-0.05, 0) is 48.7 Å². The number of benzene rings is 2. The van der Waals surface area contributed by atoms with Gasteiger partial charge in [-0.3, -0.25) is 4.99 Å². The SMILES string of the molecule is COc1ccccc1N1CCC(CN=C(N)N2CCN(c3ccc(Cl)cc3)CC2)C1. The van der Waals surface area contributed by atoms with Crippen molar-refractivity contribution in [2.45, 2.75) is 6.42 Å². The van der Waals surface area contributed by atoms with Gasteiger partial charge in [-0.2, -0.15) is 0 Å². The Balaban J connectivity index is 1.27. The maximum Gasteiger partial charge on any atom is 0.191 e. The number of guanidine groups is 1. The molecule has 0 radical (unpaired) electrons. The van der Waals surface area contributed by atoms with Crippen molar-refractivity contribution in [3.8, 4) is 5.75 Å². The average molecular weight is 428 g/mol. The zero-order valence-electron chi connectivity index (χ0n) is 17.5. The summed E-state index contributed by atoms with van der Waals surface area (Å²) in [7, 11) is 1.73. The number of piperazine rings is 1. The molecule has 160 valence electrons. The molecule has 0 saturated carbocycles. The monoisotopic (exact) mass is 427 g/mol. The molecular weight excluding hydrogens is 398 g/mol. The predicted octanol–water partition coefficient (Wildman–Crippen LogP) is 3.31. The van der Waals surface area contributed by atoms with Gasteiger partial charge in [0.2, 0.25) is 0 Å². The number of halogens is 1. The Bertz CT molecular complexity index is 864. The van der Waals surface area contributed by atoms with Crippen LogP contribution in [0.5, 0.6) is 5.75 Å². The Morgan fingerprint density at radius 2 is 1.77 bits per heavy atom. The lowest BCUT2D eigenvalue weighted by molar-refractivity contribution is 0.379.